The maximum Gasteiger partial charge on any atom is 0.226 e. The maximum atomic E-state index is 11.6. The molecule has 1 aliphatic heterocycles. The number of likely N-dealkylation sites (tertiary alicyclic amines) is 1. The third-order valence-corrected chi connectivity index (χ3v) is 3.14. The minimum Gasteiger partial charge on any atom is -0.338 e. The van der Waals surface area contributed by atoms with E-state index in [1.807, 2.05) is 11.8 Å². The molecule has 0 radical (unpaired) electrons. The van der Waals surface area contributed by atoms with E-state index in [4.69, 9.17) is 5.73 Å². The van der Waals surface area contributed by atoms with Gasteiger partial charge in [-0.25, -0.2) is 0 Å². The van der Waals surface area contributed by atoms with Crippen LogP contribution in [0.4, 0.5) is 0 Å². The second-order valence-electron chi connectivity index (χ2n) is 4.01. The van der Waals surface area contributed by atoms with Gasteiger partial charge in [-0.15, -0.1) is 0 Å². The molecule has 3 atom stereocenters. The number of nitrogens with zero attached hydrogens (tertiary/aromatic N) is 1. The Morgan fingerprint density at radius 3 is 3.17 bits per heavy atom. The summed E-state index contributed by atoms with van der Waals surface area (Å²) in [6.07, 6.45) is 2.33. The van der Waals surface area contributed by atoms with Gasteiger partial charge in [-0.05, 0) is 25.7 Å². The van der Waals surface area contributed by atoms with Gasteiger partial charge in [0.15, 0.2) is 0 Å². The smallest absolute Gasteiger partial charge is 0.226 e. The monoisotopic (exact) mass is 168 g/mol. The van der Waals surface area contributed by atoms with Crippen LogP contribution in [0.15, 0.2) is 0 Å². The summed E-state index contributed by atoms with van der Waals surface area (Å²) in [6.45, 7) is 3.54. The average Bonchev–Trinajstić information content (AvgIpc) is 2.83. The third kappa shape index (κ3) is 1.12. The van der Waals surface area contributed by atoms with Crippen molar-refractivity contribution in [1.82, 2.24) is 4.90 Å². The lowest BCUT2D eigenvalue weighted by Gasteiger charge is -2.31. The van der Waals surface area contributed by atoms with Gasteiger partial charge < -0.3 is 10.6 Å². The van der Waals surface area contributed by atoms with E-state index in [2.05, 4.69) is 0 Å². The van der Waals surface area contributed by atoms with E-state index in [-0.39, 0.29) is 6.04 Å². The van der Waals surface area contributed by atoms with Crippen LogP contribution < -0.4 is 5.73 Å². The second kappa shape index (κ2) is 2.73. The van der Waals surface area contributed by atoms with Crippen molar-refractivity contribution in [3.05, 3.63) is 0 Å². The molecule has 0 bridgehead atoms. The molecular weight excluding hydrogens is 152 g/mol. The molecule has 2 N–H and O–H groups in total. The molecule has 1 heterocycles. The fourth-order valence-electron chi connectivity index (χ4n) is 2.06. The van der Waals surface area contributed by atoms with Crippen molar-refractivity contribution in [3.63, 3.8) is 0 Å². The molecule has 1 saturated carbocycles. The lowest BCUT2D eigenvalue weighted by molar-refractivity contribution is -0.136. The van der Waals surface area contributed by atoms with E-state index in [9.17, 15) is 4.79 Å². The highest BCUT2D eigenvalue weighted by molar-refractivity contribution is 5.82. The molecule has 0 spiro atoms. The zero-order valence-electron chi connectivity index (χ0n) is 7.49. The highest BCUT2D eigenvalue weighted by Crippen LogP contribution is 2.45. The number of hydrogen-bond acceptors (Lipinski definition) is 2. The fraction of sp³-hybridized carbons (Fsp3) is 0.889. The summed E-state index contributed by atoms with van der Waals surface area (Å²) in [5.74, 6) is 1.44. The van der Waals surface area contributed by atoms with E-state index in [1.54, 1.807) is 0 Å². The van der Waals surface area contributed by atoms with Gasteiger partial charge >= 0.3 is 0 Å². The summed E-state index contributed by atoms with van der Waals surface area (Å²) in [5.41, 5.74) is 5.53. The molecule has 0 aromatic rings. The largest absolute Gasteiger partial charge is 0.338 e. The quantitative estimate of drug-likeness (QED) is 0.640. The van der Waals surface area contributed by atoms with Gasteiger partial charge in [0.1, 0.15) is 0 Å². The Morgan fingerprint density at radius 1 is 1.75 bits per heavy atom. The first-order valence-corrected chi connectivity index (χ1v) is 4.74. The average molecular weight is 168 g/mol. The molecular formula is C9H16N2O. The van der Waals surface area contributed by atoms with Crippen LogP contribution >= 0.6 is 0 Å². The Bertz CT molecular complexity index is 205. The van der Waals surface area contributed by atoms with Crippen molar-refractivity contribution in [3.8, 4) is 0 Å². The molecule has 0 aromatic carbocycles. The Labute approximate surface area is 72.9 Å². The van der Waals surface area contributed by atoms with Crippen LogP contribution in [0.2, 0.25) is 0 Å². The maximum absolute atomic E-state index is 11.6. The standard InChI is InChI=1S/C9H16N2O/c1-6(5-10)11-3-2-7-4-8(7)9(11)12/h6-8H,2-5,10H2,1H3. The van der Waals surface area contributed by atoms with Crippen LogP contribution in [0, 0.1) is 11.8 Å². The van der Waals surface area contributed by atoms with Gasteiger partial charge in [0.2, 0.25) is 5.91 Å². The van der Waals surface area contributed by atoms with E-state index in [1.165, 1.54) is 6.42 Å². The summed E-state index contributed by atoms with van der Waals surface area (Å²) in [7, 11) is 0. The molecule has 2 rings (SSSR count). The molecule has 12 heavy (non-hydrogen) atoms. The van der Waals surface area contributed by atoms with Crippen LogP contribution in [0.3, 0.4) is 0 Å². The molecule has 3 unspecified atom stereocenters. The highest BCUT2D eigenvalue weighted by Gasteiger charge is 2.48. The molecule has 1 amide bonds. The Kier molecular flexibility index (Phi) is 1.83. The fourth-order valence-corrected chi connectivity index (χ4v) is 2.06. The van der Waals surface area contributed by atoms with Gasteiger partial charge in [-0.3, -0.25) is 4.79 Å². The van der Waals surface area contributed by atoms with Crippen molar-refractivity contribution in [2.24, 2.45) is 17.6 Å². The molecule has 2 fully saturated rings. The number of rotatable bonds is 2. The lowest BCUT2D eigenvalue weighted by atomic mass is 10.1. The molecule has 1 saturated heterocycles. The van der Waals surface area contributed by atoms with Crippen molar-refractivity contribution >= 4 is 5.91 Å². The highest BCUT2D eigenvalue weighted by atomic mass is 16.2. The minimum absolute atomic E-state index is 0.235. The number of carbonyl (C=O) groups excluding carboxylic acids is 1. The zero-order chi connectivity index (χ0) is 8.72. The van der Waals surface area contributed by atoms with Crippen LogP contribution in [0.5, 0.6) is 0 Å². The Hall–Kier alpha value is -0.570. The van der Waals surface area contributed by atoms with Crippen LogP contribution in [0.1, 0.15) is 19.8 Å². The Balaban J connectivity index is 2.01. The SMILES string of the molecule is CC(CN)N1CCC2CC2C1=O. The van der Waals surface area contributed by atoms with Crippen molar-refractivity contribution in [1.29, 1.82) is 0 Å². The third-order valence-electron chi connectivity index (χ3n) is 3.14. The van der Waals surface area contributed by atoms with Gasteiger partial charge in [0.25, 0.3) is 0 Å². The molecule has 1 aliphatic carbocycles. The van der Waals surface area contributed by atoms with Crippen LogP contribution in [-0.2, 0) is 4.79 Å². The molecule has 68 valence electrons. The molecule has 0 aromatic heterocycles. The Morgan fingerprint density at radius 2 is 2.50 bits per heavy atom. The first kappa shape index (κ1) is 8.05. The number of hydrogen-bond donors (Lipinski definition) is 1. The second-order valence-corrected chi connectivity index (χ2v) is 4.01. The summed E-state index contributed by atoms with van der Waals surface area (Å²) < 4.78 is 0. The van der Waals surface area contributed by atoms with E-state index < -0.39 is 0 Å². The van der Waals surface area contributed by atoms with Crippen LogP contribution in [0.25, 0.3) is 0 Å². The lowest BCUT2D eigenvalue weighted by Crippen LogP contribution is -2.46. The molecule has 2 aliphatic rings. The zero-order valence-corrected chi connectivity index (χ0v) is 7.49. The molecule has 3 nitrogen and oxygen atoms in total. The predicted octanol–water partition coefficient (Wildman–Crippen LogP) is 0.202. The normalized spacial score (nSPS) is 36.2. The molecule has 3 heteroatoms. The van der Waals surface area contributed by atoms with Gasteiger partial charge in [-0.1, -0.05) is 0 Å². The summed E-state index contributed by atoms with van der Waals surface area (Å²) in [5, 5.41) is 0. The van der Waals surface area contributed by atoms with Crippen molar-refractivity contribution in [2.45, 2.75) is 25.8 Å². The van der Waals surface area contributed by atoms with Gasteiger partial charge in [0.05, 0.1) is 0 Å². The van der Waals surface area contributed by atoms with E-state index in [0.29, 0.717) is 18.4 Å². The van der Waals surface area contributed by atoms with E-state index in [0.717, 1.165) is 18.9 Å². The summed E-state index contributed by atoms with van der Waals surface area (Å²) >= 11 is 0. The topological polar surface area (TPSA) is 46.3 Å². The number of piperidine rings is 1. The number of nitrogens with two attached hydrogens (primary N) is 1. The number of fused-ring (bicyclic) bond motifs is 1. The summed E-state index contributed by atoms with van der Waals surface area (Å²) in [4.78, 5) is 13.6. The number of carbonyl (C=O) groups is 1. The van der Waals surface area contributed by atoms with Crippen molar-refractivity contribution < 1.29 is 4.79 Å². The van der Waals surface area contributed by atoms with Crippen molar-refractivity contribution in [2.75, 3.05) is 13.1 Å². The minimum atomic E-state index is 0.235. The first-order valence-electron chi connectivity index (χ1n) is 4.74. The van der Waals surface area contributed by atoms with Crippen LogP contribution in [-0.4, -0.2) is 29.9 Å². The first-order chi connectivity index (χ1) is 5.74. The summed E-state index contributed by atoms with van der Waals surface area (Å²) in [6, 6.07) is 0.235. The van der Waals surface area contributed by atoms with Gasteiger partial charge in [-0.2, -0.15) is 0 Å². The van der Waals surface area contributed by atoms with Gasteiger partial charge in [0, 0.05) is 25.0 Å². The number of amides is 1. The van der Waals surface area contributed by atoms with E-state index >= 15 is 0 Å². The predicted molar refractivity (Wildman–Crippen MR) is 46.4 cm³/mol.